The summed E-state index contributed by atoms with van der Waals surface area (Å²) in [6.45, 7) is 0. The fourth-order valence-corrected chi connectivity index (χ4v) is 5.13. The van der Waals surface area contributed by atoms with Gasteiger partial charge in [0.15, 0.2) is 0 Å². The summed E-state index contributed by atoms with van der Waals surface area (Å²) < 4.78 is 26.7. The maximum atomic E-state index is 13.3. The molecule has 0 spiro atoms. The molecular weight excluding hydrogens is 406 g/mol. The smallest absolute Gasteiger partial charge is 0.345 e. The van der Waals surface area contributed by atoms with Crippen LogP contribution in [0.3, 0.4) is 0 Å². The molecule has 0 aliphatic heterocycles. The second-order valence-corrected chi connectivity index (χ2v) is 8.81. The minimum Gasteiger partial charge on any atom is -0.477 e. The van der Waals surface area contributed by atoms with E-state index in [-0.39, 0.29) is 17.2 Å². The third kappa shape index (κ3) is 5.19. The van der Waals surface area contributed by atoms with Gasteiger partial charge in [0.25, 0.3) is 0 Å². The topological polar surface area (TPSA) is 57.5 Å². The highest BCUT2D eigenvalue weighted by Crippen LogP contribution is 2.40. The molecule has 0 bridgehead atoms. The zero-order valence-corrected chi connectivity index (χ0v) is 16.6. The van der Waals surface area contributed by atoms with E-state index in [1.165, 1.54) is 23.5 Å². The predicted molar refractivity (Wildman–Crippen MR) is 107 cm³/mol. The molecule has 28 heavy (non-hydrogen) atoms. The molecule has 1 saturated carbocycles. The van der Waals surface area contributed by atoms with E-state index in [1.807, 2.05) is 6.07 Å². The van der Waals surface area contributed by atoms with Gasteiger partial charge in [-0.15, -0.1) is 22.9 Å². The normalized spacial score (nSPS) is 24.9. The van der Waals surface area contributed by atoms with Crippen LogP contribution < -0.4 is 0 Å². The maximum Gasteiger partial charge on any atom is 0.345 e. The standard InChI is InChI=1S/C21H21ClF2O3S/c22-18-11-19(25)17(6-4-12-8-13(23)10-14(24)9-12)16(18)3-1-2-15-5-7-20(28-15)21(26)27/h4-10,16-19,25H,1-3,11H2,(H,26,27)/t16-,17+,18+,19-/m1/s1. The number of benzene rings is 1. The van der Waals surface area contributed by atoms with Gasteiger partial charge in [0.05, 0.1) is 6.10 Å². The van der Waals surface area contributed by atoms with Gasteiger partial charge in [-0.2, -0.15) is 0 Å². The first-order chi connectivity index (χ1) is 13.3. The monoisotopic (exact) mass is 426 g/mol. The summed E-state index contributed by atoms with van der Waals surface area (Å²) in [5, 5.41) is 19.2. The number of alkyl halides is 1. The molecule has 0 radical (unpaired) electrons. The number of aliphatic hydroxyl groups excluding tert-OH is 1. The average Bonchev–Trinajstić information content (AvgIpc) is 3.18. The first-order valence-electron chi connectivity index (χ1n) is 9.12. The Labute approximate surface area is 171 Å². The maximum absolute atomic E-state index is 13.3. The molecule has 1 aliphatic rings. The first-order valence-corrected chi connectivity index (χ1v) is 10.4. The predicted octanol–water partition coefficient (Wildman–Crippen LogP) is 5.37. The van der Waals surface area contributed by atoms with E-state index in [0.29, 0.717) is 16.9 Å². The lowest BCUT2D eigenvalue weighted by Gasteiger charge is -2.20. The third-order valence-corrected chi connectivity index (χ3v) is 6.73. The van der Waals surface area contributed by atoms with E-state index >= 15 is 0 Å². The largest absolute Gasteiger partial charge is 0.477 e. The second-order valence-electron chi connectivity index (χ2n) is 7.09. The van der Waals surface area contributed by atoms with Gasteiger partial charge in [-0.25, -0.2) is 13.6 Å². The first kappa shape index (κ1) is 21.0. The van der Waals surface area contributed by atoms with Gasteiger partial charge >= 0.3 is 5.97 Å². The number of aromatic carboxylic acids is 1. The number of aryl methyl sites for hydroxylation is 1. The molecule has 2 N–H and O–H groups in total. The Morgan fingerprint density at radius 3 is 2.61 bits per heavy atom. The number of hydrogen-bond donors (Lipinski definition) is 2. The van der Waals surface area contributed by atoms with Crippen molar-refractivity contribution in [2.75, 3.05) is 0 Å². The number of carbonyl (C=O) groups is 1. The Kier molecular flexibility index (Phi) is 6.86. The van der Waals surface area contributed by atoms with Gasteiger partial charge in [-0.3, -0.25) is 0 Å². The summed E-state index contributed by atoms with van der Waals surface area (Å²) in [6.07, 6.45) is 5.64. The van der Waals surface area contributed by atoms with Crippen LogP contribution in [0.4, 0.5) is 8.78 Å². The van der Waals surface area contributed by atoms with E-state index in [1.54, 1.807) is 18.2 Å². The molecule has 3 rings (SSSR count). The van der Waals surface area contributed by atoms with Crippen LogP contribution in [0, 0.1) is 23.5 Å². The molecular formula is C21H21ClF2O3S. The SMILES string of the molecule is O=C(O)c1ccc(CCC[C@@H]2[C@H](C=Cc3cc(F)cc(F)c3)[C@H](O)C[C@@H]2Cl)s1. The zero-order valence-electron chi connectivity index (χ0n) is 15.0. The number of carboxylic acids is 1. The highest BCUT2D eigenvalue weighted by Gasteiger charge is 2.39. The highest BCUT2D eigenvalue weighted by atomic mass is 35.5. The van der Waals surface area contributed by atoms with Gasteiger partial charge in [0.2, 0.25) is 0 Å². The summed E-state index contributed by atoms with van der Waals surface area (Å²) in [7, 11) is 0. The molecule has 150 valence electrons. The molecule has 0 amide bonds. The van der Waals surface area contributed by atoms with Gasteiger partial charge < -0.3 is 10.2 Å². The second kappa shape index (κ2) is 9.16. The summed E-state index contributed by atoms with van der Waals surface area (Å²) in [4.78, 5) is 12.3. The fraction of sp³-hybridized carbons (Fsp3) is 0.381. The Hall–Kier alpha value is -1.76. The van der Waals surface area contributed by atoms with Crippen molar-refractivity contribution in [3.05, 3.63) is 63.4 Å². The van der Waals surface area contributed by atoms with Gasteiger partial charge in [0.1, 0.15) is 16.5 Å². The molecule has 0 unspecified atom stereocenters. The van der Waals surface area contributed by atoms with Gasteiger partial charge in [0, 0.05) is 22.2 Å². The van der Waals surface area contributed by atoms with Crippen molar-refractivity contribution in [2.45, 2.75) is 37.2 Å². The highest BCUT2D eigenvalue weighted by molar-refractivity contribution is 7.13. The van der Waals surface area contributed by atoms with Crippen LogP contribution in [-0.2, 0) is 6.42 Å². The van der Waals surface area contributed by atoms with Crippen LogP contribution >= 0.6 is 22.9 Å². The van der Waals surface area contributed by atoms with E-state index in [2.05, 4.69) is 0 Å². The van der Waals surface area contributed by atoms with E-state index in [9.17, 15) is 18.7 Å². The summed E-state index contributed by atoms with van der Waals surface area (Å²) in [5.41, 5.74) is 0.404. The average molecular weight is 427 g/mol. The Balaban J connectivity index is 1.62. The molecule has 1 aromatic heterocycles. The van der Waals surface area contributed by atoms with Crippen molar-refractivity contribution in [1.29, 1.82) is 0 Å². The Morgan fingerprint density at radius 2 is 1.96 bits per heavy atom. The van der Waals surface area contributed by atoms with E-state index in [0.717, 1.165) is 30.2 Å². The van der Waals surface area contributed by atoms with Crippen LogP contribution in [0.2, 0.25) is 0 Å². The molecule has 0 saturated heterocycles. The van der Waals surface area contributed by atoms with Crippen LogP contribution in [0.5, 0.6) is 0 Å². The van der Waals surface area contributed by atoms with Crippen molar-refractivity contribution < 1.29 is 23.8 Å². The lowest BCUT2D eigenvalue weighted by Crippen LogP contribution is -2.18. The van der Waals surface area contributed by atoms with Crippen molar-refractivity contribution in [2.24, 2.45) is 11.8 Å². The minimum atomic E-state index is -0.921. The molecule has 1 aliphatic carbocycles. The number of rotatable bonds is 7. The van der Waals surface area contributed by atoms with Crippen molar-refractivity contribution in [3.8, 4) is 0 Å². The van der Waals surface area contributed by atoms with Crippen molar-refractivity contribution in [3.63, 3.8) is 0 Å². The van der Waals surface area contributed by atoms with E-state index in [4.69, 9.17) is 16.7 Å². The number of aliphatic hydroxyl groups is 1. The lowest BCUT2D eigenvalue weighted by atomic mass is 9.89. The molecule has 7 heteroatoms. The van der Waals surface area contributed by atoms with Crippen LogP contribution in [0.1, 0.15) is 39.4 Å². The Bertz CT molecular complexity index is 847. The zero-order chi connectivity index (χ0) is 20.3. The Morgan fingerprint density at radius 1 is 1.25 bits per heavy atom. The fourth-order valence-electron chi connectivity index (χ4n) is 3.77. The third-order valence-electron chi connectivity index (χ3n) is 5.10. The molecule has 1 heterocycles. The summed E-state index contributed by atoms with van der Waals surface area (Å²) in [6, 6.07) is 6.73. The van der Waals surface area contributed by atoms with Crippen molar-refractivity contribution in [1.82, 2.24) is 0 Å². The summed E-state index contributed by atoms with van der Waals surface area (Å²) in [5.74, 6) is -2.35. The molecule has 4 atom stereocenters. The molecule has 1 fully saturated rings. The summed E-state index contributed by atoms with van der Waals surface area (Å²) >= 11 is 7.71. The van der Waals surface area contributed by atoms with Crippen molar-refractivity contribution >= 4 is 35.0 Å². The molecule has 2 aromatic rings. The quantitative estimate of drug-likeness (QED) is 0.585. The molecule has 3 nitrogen and oxygen atoms in total. The van der Waals surface area contributed by atoms with Crippen LogP contribution in [0.15, 0.2) is 36.4 Å². The number of carboxylic acid groups (broad SMARTS) is 1. The van der Waals surface area contributed by atoms with Gasteiger partial charge in [-0.05, 0) is 61.4 Å². The molecule has 1 aromatic carbocycles. The number of hydrogen-bond acceptors (Lipinski definition) is 3. The van der Waals surface area contributed by atoms with Crippen LogP contribution in [0.25, 0.3) is 6.08 Å². The van der Waals surface area contributed by atoms with Gasteiger partial charge in [-0.1, -0.05) is 12.2 Å². The number of halogens is 3. The van der Waals surface area contributed by atoms with Crippen LogP contribution in [-0.4, -0.2) is 27.7 Å². The number of thiophene rings is 1. The minimum absolute atomic E-state index is 0.0465. The van der Waals surface area contributed by atoms with E-state index < -0.39 is 23.7 Å². The lowest BCUT2D eigenvalue weighted by molar-refractivity contribution is 0.0702.